The Hall–Kier alpha value is -1.16. The van der Waals surface area contributed by atoms with Crippen molar-refractivity contribution in [2.24, 2.45) is 5.73 Å². The first-order chi connectivity index (χ1) is 6.31. The van der Waals surface area contributed by atoms with Crippen molar-refractivity contribution in [2.75, 3.05) is 0 Å². The Kier molecular flexibility index (Phi) is 2.14. The van der Waals surface area contributed by atoms with Crippen molar-refractivity contribution in [3.05, 3.63) is 23.8 Å². The molecular formula is C9H11FN2O. The Morgan fingerprint density at radius 1 is 1.62 bits per heavy atom. The van der Waals surface area contributed by atoms with Crippen LogP contribution in [0.25, 0.3) is 0 Å². The van der Waals surface area contributed by atoms with Gasteiger partial charge in [-0.05, 0) is 18.9 Å². The number of rotatable bonds is 3. The van der Waals surface area contributed by atoms with Crippen LogP contribution in [0.1, 0.15) is 18.4 Å². The van der Waals surface area contributed by atoms with Gasteiger partial charge in [-0.1, -0.05) is 0 Å². The minimum absolute atomic E-state index is 0.127. The van der Waals surface area contributed by atoms with Crippen molar-refractivity contribution in [2.45, 2.75) is 25.5 Å². The van der Waals surface area contributed by atoms with Crippen molar-refractivity contribution >= 4 is 0 Å². The van der Waals surface area contributed by atoms with Crippen LogP contribution in [0.4, 0.5) is 4.39 Å². The van der Waals surface area contributed by atoms with Gasteiger partial charge in [0, 0.05) is 12.7 Å². The molecule has 0 bridgehead atoms. The minimum Gasteiger partial charge on any atom is -0.490 e. The molecule has 0 spiro atoms. The summed E-state index contributed by atoms with van der Waals surface area (Å²) in [7, 11) is 0. The molecule has 0 saturated heterocycles. The molecule has 1 fully saturated rings. The Morgan fingerprint density at radius 3 is 3.00 bits per heavy atom. The van der Waals surface area contributed by atoms with Crippen LogP contribution in [0.2, 0.25) is 0 Å². The number of nitrogens with two attached hydrogens (primary N) is 1. The van der Waals surface area contributed by atoms with Gasteiger partial charge in [0.15, 0.2) is 0 Å². The molecule has 0 amide bonds. The minimum atomic E-state index is -0.527. The molecule has 70 valence electrons. The van der Waals surface area contributed by atoms with E-state index in [-0.39, 0.29) is 12.6 Å². The van der Waals surface area contributed by atoms with Crippen molar-refractivity contribution in [1.82, 2.24) is 4.98 Å². The van der Waals surface area contributed by atoms with Crippen LogP contribution in [0.15, 0.2) is 12.3 Å². The van der Waals surface area contributed by atoms with Crippen LogP contribution in [0.3, 0.4) is 0 Å². The third-order valence-corrected chi connectivity index (χ3v) is 1.98. The van der Waals surface area contributed by atoms with Gasteiger partial charge in [0.2, 0.25) is 5.95 Å². The highest BCUT2D eigenvalue weighted by molar-refractivity contribution is 5.31. The van der Waals surface area contributed by atoms with Crippen LogP contribution < -0.4 is 10.5 Å². The third-order valence-electron chi connectivity index (χ3n) is 1.98. The van der Waals surface area contributed by atoms with Crippen molar-refractivity contribution in [3.8, 4) is 5.75 Å². The first-order valence-electron chi connectivity index (χ1n) is 4.31. The summed E-state index contributed by atoms with van der Waals surface area (Å²) in [5, 5.41) is 0. The molecule has 1 heterocycles. The summed E-state index contributed by atoms with van der Waals surface area (Å²) in [6.07, 6.45) is 3.75. The second kappa shape index (κ2) is 3.30. The molecule has 1 aromatic heterocycles. The summed E-state index contributed by atoms with van der Waals surface area (Å²) in [6, 6.07) is 1.66. The molecule has 1 aliphatic carbocycles. The molecule has 0 unspecified atom stereocenters. The topological polar surface area (TPSA) is 48.1 Å². The van der Waals surface area contributed by atoms with Crippen molar-refractivity contribution < 1.29 is 9.13 Å². The van der Waals surface area contributed by atoms with Crippen molar-refractivity contribution in [3.63, 3.8) is 0 Å². The van der Waals surface area contributed by atoms with E-state index in [2.05, 4.69) is 4.98 Å². The van der Waals surface area contributed by atoms with E-state index in [0.717, 1.165) is 12.8 Å². The summed E-state index contributed by atoms with van der Waals surface area (Å²) >= 11 is 0. The maximum atomic E-state index is 13.1. The zero-order valence-corrected chi connectivity index (χ0v) is 7.16. The van der Waals surface area contributed by atoms with Gasteiger partial charge in [0.25, 0.3) is 0 Å². The molecule has 3 nitrogen and oxygen atoms in total. The zero-order valence-electron chi connectivity index (χ0n) is 7.16. The largest absolute Gasteiger partial charge is 0.490 e. The Balaban J connectivity index is 2.25. The molecule has 1 saturated carbocycles. The summed E-state index contributed by atoms with van der Waals surface area (Å²) < 4.78 is 18.5. The van der Waals surface area contributed by atoms with Gasteiger partial charge in [-0.3, -0.25) is 0 Å². The number of hydrogen-bond acceptors (Lipinski definition) is 3. The van der Waals surface area contributed by atoms with E-state index in [1.807, 2.05) is 0 Å². The van der Waals surface area contributed by atoms with E-state index in [1.165, 1.54) is 6.20 Å². The average Bonchev–Trinajstić information content (AvgIpc) is 2.89. The van der Waals surface area contributed by atoms with Crippen molar-refractivity contribution in [1.29, 1.82) is 0 Å². The maximum absolute atomic E-state index is 13.1. The number of nitrogens with zero attached hydrogens (tertiary/aromatic N) is 1. The monoisotopic (exact) mass is 182 g/mol. The molecule has 0 atom stereocenters. The van der Waals surface area contributed by atoms with Gasteiger partial charge in [0.1, 0.15) is 5.75 Å². The predicted molar refractivity (Wildman–Crippen MR) is 45.7 cm³/mol. The maximum Gasteiger partial charge on any atom is 0.221 e. The van der Waals surface area contributed by atoms with E-state index < -0.39 is 5.95 Å². The highest BCUT2D eigenvalue weighted by atomic mass is 19.1. The number of aromatic nitrogens is 1. The highest BCUT2D eigenvalue weighted by Crippen LogP contribution is 2.29. The van der Waals surface area contributed by atoms with Gasteiger partial charge in [-0.2, -0.15) is 4.39 Å². The van der Waals surface area contributed by atoms with Gasteiger partial charge < -0.3 is 10.5 Å². The first-order valence-corrected chi connectivity index (χ1v) is 4.31. The number of hydrogen-bond donors (Lipinski definition) is 1. The van der Waals surface area contributed by atoms with Crippen LogP contribution in [-0.2, 0) is 6.54 Å². The number of pyridine rings is 1. The van der Waals surface area contributed by atoms with Gasteiger partial charge in [-0.25, -0.2) is 4.98 Å². The molecule has 13 heavy (non-hydrogen) atoms. The smallest absolute Gasteiger partial charge is 0.221 e. The van der Waals surface area contributed by atoms with Gasteiger partial charge >= 0.3 is 0 Å². The van der Waals surface area contributed by atoms with E-state index in [9.17, 15) is 4.39 Å². The Bertz CT molecular complexity index is 312. The lowest BCUT2D eigenvalue weighted by atomic mass is 10.2. The quantitative estimate of drug-likeness (QED) is 0.715. The second-order valence-electron chi connectivity index (χ2n) is 3.10. The molecule has 0 aliphatic heterocycles. The van der Waals surface area contributed by atoms with E-state index in [4.69, 9.17) is 10.5 Å². The molecule has 1 aromatic rings. The fourth-order valence-corrected chi connectivity index (χ4v) is 1.11. The highest BCUT2D eigenvalue weighted by Gasteiger charge is 2.25. The molecule has 0 aromatic carbocycles. The number of halogens is 1. The van der Waals surface area contributed by atoms with E-state index >= 15 is 0 Å². The van der Waals surface area contributed by atoms with Crippen LogP contribution in [-0.4, -0.2) is 11.1 Å². The lowest BCUT2D eigenvalue weighted by Gasteiger charge is -2.08. The average molecular weight is 182 g/mol. The van der Waals surface area contributed by atoms with Gasteiger partial charge in [-0.15, -0.1) is 0 Å². The Labute approximate surface area is 75.7 Å². The van der Waals surface area contributed by atoms with E-state index in [1.54, 1.807) is 6.07 Å². The van der Waals surface area contributed by atoms with Gasteiger partial charge in [0.05, 0.1) is 11.7 Å². The predicted octanol–water partition coefficient (Wildman–Crippen LogP) is 1.22. The molecule has 4 heteroatoms. The summed E-state index contributed by atoms with van der Waals surface area (Å²) in [5.41, 5.74) is 5.76. The van der Waals surface area contributed by atoms with Crippen LogP contribution in [0.5, 0.6) is 5.75 Å². The Morgan fingerprint density at radius 2 is 2.38 bits per heavy atom. The molecular weight excluding hydrogens is 171 g/mol. The molecule has 2 rings (SSSR count). The fourth-order valence-electron chi connectivity index (χ4n) is 1.11. The standard InChI is InChI=1S/C9H11FN2O/c10-9-7(5-11)8(3-4-12-9)13-6-1-2-6/h3-4,6H,1-2,5,11H2. The lowest BCUT2D eigenvalue weighted by molar-refractivity contribution is 0.296. The SMILES string of the molecule is NCc1c(OC2CC2)ccnc1F. The third kappa shape index (κ3) is 1.78. The van der Waals surface area contributed by atoms with Crippen LogP contribution in [0, 0.1) is 5.95 Å². The lowest BCUT2D eigenvalue weighted by Crippen LogP contribution is -2.07. The molecule has 0 radical (unpaired) electrons. The second-order valence-corrected chi connectivity index (χ2v) is 3.10. The van der Waals surface area contributed by atoms with E-state index in [0.29, 0.717) is 11.3 Å². The fraction of sp³-hybridized carbons (Fsp3) is 0.444. The molecule has 2 N–H and O–H groups in total. The molecule has 1 aliphatic rings. The zero-order chi connectivity index (χ0) is 9.26. The first kappa shape index (κ1) is 8.44. The summed E-state index contributed by atoms with van der Waals surface area (Å²) in [5.74, 6) is 0.0122. The van der Waals surface area contributed by atoms with Crippen LogP contribution >= 0.6 is 0 Å². The summed E-state index contributed by atoms with van der Waals surface area (Å²) in [4.78, 5) is 3.51. The number of ether oxygens (including phenoxy) is 1. The summed E-state index contributed by atoms with van der Waals surface area (Å²) in [6.45, 7) is 0.127. The normalized spacial score (nSPS) is 15.8.